The van der Waals surface area contributed by atoms with Gasteiger partial charge in [-0.15, -0.1) is 0 Å². The van der Waals surface area contributed by atoms with E-state index in [1.165, 1.54) is 13.4 Å². The fourth-order valence-electron chi connectivity index (χ4n) is 5.51. The molecule has 0 aliphatic carbocycles. The number of nitrogens with one attached hydrogen (secondary N) is 1. The van der Waals surface area contributed by atoms with Gasteiger partial charge in [-0.1, -0.05) is 17.7 Å². The van der Waals surface area contributed by atoms with Crippen LogP contribution in [0, 0.1) is 18.8 Å². The fourth-order valence-corrected chi connectivity index (χ4v) is 5.51. The van der Waals surface area contributed by atoms with Crippen molar-refractivity contribution in [1.82, 2.24) is 10.2 Å². The van der Waals surface area contributed by atoms with E-state index >= 15 is 0 Å². The number of aryl methyl sites for hydroxylation is 1. The maximum atomic E-state index is 13.8. The topological polar surface area (TPSA) is 109 Å². The van der Waals surface area contributed by atoms with Gasteiger partial charge in [0.25, 0.3) is 0 Å². The third-order valence-electron chi connectivity index (χ3n) is 6.85. The minimum absolute atomic E-state index is 0.336. The lowest BCUT2D eigenvalue weighted by atomic mass is 9.76. The molecule has 0 radical (unpaired) electrons. The molecule has 9 heteroatoms. The molecule has 0 unspecified atom stereocenters. The highest BCUT2D eigenvalue weighted by Crippen LogP contribution is 2.57. The molecule has 3 saturated heterocycles. The lowest BCUT2D eigenvalue weighted by Crippen LogP contribution is -2.67. The molecular weight excluding hydrogens is 414 g/mol. The summed E-state index contributed by atoms with van der Waals surface area (Å²) in [5, 5.41) is 2.80. The molecule has 9 nitrogen and oxygen atoms in total. The Hall–Kier alpha value is -3.46. The molecule has 1 N–H and O–H groups in total. The van der Waals surface area contributed by atoms with Gasteiger partial charge in [-0.3, -0.25) is 24.1 Å². The Bertz CT molecular complexity index is 1100. The summed E-state index contributed by atoms with van der Waals surface area (Å²) >= 11 is 0. The highest BCUT2D eigenvalue weighted by atomic mass is 16.5. The second-order valence-corrected chi connectivity index (χ2v) is 8.44. The van der Waals surface area contributed by atoms with E-state index in [9.17, 15) is 19.2 Å². The molecule has 0 saturated carbocycles. The normalized spacial score (nSPS) is 29.6. The third-order valence-corrected chi connectivity index (χ3v) is 6.85. The lowest BCUT2D eigenvalue weighted by Gasteiger charge is -2.44. The van der Waals surface area contributed by atoms with Crippen LogP contribution in [0.1, 0.15) is 23.8 Å². The number of benzene rings is 1. The largest absolute Gasteiger partial charge is 0.469 e. The summed E-state index contributed by atoms with van der Waals surface area (Å²) in [5.74, 6) is -3.42. The number of carbonyl (C=O) groups is 4. The Kier molecular flexibility index (Phi) is 4.67. The number of anilines is 1. The van der Waals surface area contributed by atoms with Crippen LogP contribution < -0.4 is 10.2 Å². The quantitative estimate of drug-likeness (QED) is 0.565. The van der Waals surface area contributed by atoms with Crippen LogP contribution in [0.3, 0.4) is 0 Å². The Morgan fingerprint density at radius 1 is 1.19 bits per heavy atom. The van der Waals surface area contributed by atoms with E-state index in [1.54, 1.807) is 29.2 Å². The molecule has 32 heavy (non-hydrogen) atoms. The summed E-state index contributed by atoms with van der Waals surface area (Å²) in [7, 11) is 1.24. The summed E-state index contributed by atoms with van der Waals surface area (Å²) < 4.78 is 10.5. The Balaban J connectivity index is 1.69. The van der Waals surface area contributed by atoms with E-state index in [4.69, 9.17) is 9.15 Å². The van der Waals surface area contributed by atoms with Crippen molar-refractivity contribution in [3.63, 3.8) is 0 Å². The highest BCUT2D eigenvalue weighted by Gasteiger charge is 2.73. The molecule has 4 atom stereocenters. The van der Waals surface area contributed by atoms with Crippen molar-refractivity contribution in [3.8, 4) is 0 Å². The number of esters is 1. The third kappa shape index (κ3) is 2.67. The molecule has 4 heterocycles. The first-order chi connectivity index (χ1) is 15.4. The highest BCUT2D eigenvalue weighted by molar-refractivity contribution is 6.24. The molecule has 2 aromatic rings. The van der Waals surface area contributed by atoms with Gasteiger partial charge in [0.15, 0.2) is 0 Å². The molecule has 5 rings (SSSR count). The maximum Gasteiger partial charge on any atom is 0.307 e. The van der Waals surface area contributed by atoms with Crippen molar-refractivity contribution in [2.24, 2.45) is 11.8 Å². The van der Waals surface area contributed by atoms with Crippen LogP contribution >= 0.6 is 0 Å². The summed E-state index contributed by atoms with van der Waals surface area (Å²) in [6.07, 6.45) is 1.15. The smallest absolute Gasteiger partial charge is 0.307 e. The van der Waals surface area contributed by atoms with E-state index in [2.05, 4.69) is 5.32 Å². The minimum atomic E-state index is -1.54. The molecule has 0 spiro atoms. The minimum Gasteiger partial charge on any atom is -0.469 e. The standard InChI is InChI=1S/C23H23N3O6/c1-13-5-7-14(8-6-13)26-20(28)17-18(21(26)29)23(12-16(27)31-2)22(30)24-9-10-25(23)19(17)15-4-3-11-32-15/h3-8,11,17-19H,9-10,12H2,1-2H3,(H,24,30)/t17-,18-,19+,23-/m0/s1. The Morgan fingerprint density at radius 3 is 2.59 bits per heavy atom. The van der Waals surface area contributed by atoms with Crippen LogP contribution in [0.15, 0.2) is 47.1 Å². The fraction of sp³-hybridized carbons (Fsp3) is 0.391. The molecule has 1 aromatic carbocycles. The van der Waals surface area contributed by atoms with Gasteiger partial charge < -0.3 is 14.5 Å². The number of hydrogen-bond donors (Lipinski definition) is 1. The molecule has 3 fully saturated rings. The van der Waals surface area contributed by atoms with Crippen LogP contribution in [0.2, 0.25) is 0 Å². The number of imide groups is 1. The number of furan rings is 1. The van der Waals surface area contributed by atoms with Crippen LogP contribution in [-0.2, 0) is 23.9 Å². The maximum absolute atomic E-state index is 13.8. The number of methoxy groups -OCH3 is 1. The zero-order valence-electron chi connectivity index (χ0n) is 17.7. The van der Waals surface area contributed by atoms with Crippen LogP contribution in [-0.4, -0.2) is 54.3 Å². The summed E-state index contributed by atoms with van der Waals surface area (Å²) in [6, 6.07) is 9.83. The van der Waals surface area contributed by atoms with Crippen molar-refractivity contribution < 1.29 is 28.3 Å². The summed E-state index contributed by atoms with van der Waals surface area (Å²) in [5.41, 5.74) is -0.115. The predicted molar refractivity (Wildman–Crippen MR) is 111 cm³/mol. The van der Waals surface area contributed by atoms with Gasteiger partial charge in [0, 0.05) is 13.1 Å². The average Bonchev–Trinajstić information content (AvgIpc) is 3.46. The monoisotopic (exact) mass is 437 g/mol. The van der Waals surface area contributed by atoms with Crippen molar-refractivity contribution in [1.29, 1.82) is 0 Å². The zero-order chi connectivity index (χ0) is 22.6. The van der Waals surface area contributed by atoms with E-state index in [0.717, 1.165) is 10.5 Å². The number of nitrogens with zero attached hydrogens (tertiary/aromatic N) is 2. The first kappa shape index (κ1) is 20.4. The number of hydrogen-bond acceptors (Lipinski definition) is 7. The van der Waals surface area contributed by atoms with Crippen LogP contribution in [0.25, 0.3) is 0 Å². The number of amides is 3. The summed E-state index contributed by atoms with van der Waals surface area (Å²) in [6.45, 7) is 2.61. The molecule has 1 aromatic heterocycles. The van der Waals surface area contributed by atoms with E-state index in [-0.39, 0.29) is 6.42 Å². The molecule has 3 amide bonds. The van der Waals surface area contributed by atoms with Gasteiger partial charge in [0.05, 0.1) is 43.4 Å². The molecule has 3 aliphatic rings. The first-order valence-corrected chi connectivity index (χ1v) is 10.5. The Morgan fingerprint density at radius 2 is 1.94 bits per heavy atom. The van der Waals surface area contributed by atoms with Gasteiger partial charge in [0.2, 0.25) is 17.7 Å². The SMILES string of the molecule is COC(=O)C[C@]12C(=O)NCCN1[C@H](c1ccco1)[C@H]1C(=O)N(c3ccc(C)cc3)C(=O)[C@H]12. The van der Waals surface area contributed by atoms with Gasteiger partial charge in [-0.05, 0) is 31.2 Å². The van der Waals surface area contributed by atoms with Gasteiger partial charge in [0.1, 0.15) is 11.3 Å². The zero-order valence-corrected chi connectivity index (χ0v) is 17.7. The van der Waals surface area contributed by atoms with E-state index in [1.807, 2.05) is 19.1 Å². The van der Waals surface area contributed by atoms with Crippen LogP contribution in [0.4, 0.5) is 5.69 Å². The second kappa shape index (κ2) is 7.30. The van der Waals surface area contributed by atoms with Crippen molar-refractivity contribution in [2.75, 3.05) is 25.1 Å². The number of piperazine rings is 1. The average molecular weight is 437 g/mol. The first-order valence-electron chi connectivity index (χ1n) is 10.5. The number of rotatable bonds is 4. The second-order valence-electron chi connectivity index (χ2n) is 8.44. The summed E-state index contributed by atoms with van der Waals surface area (Å²) in [4.78, 5) is 56.3. The van der Waals surface area contributed by atoms with Crippen molar-refractivity contribution in [3.05, 3.63) is 54.0 Å². The van der Waals surface area contributed by atoms with E-state index < -0.39 is 47.1 Å². The molecule has 0 bridgehead atoms. The van der Waals surface area contributed by atoms with Crippen molar-refractivity contribution in [2.45, 2.75) is 24.9 Å². The number of ether oxygens (including phenoxy) is 1. The molecule has 3 aliphatic heterocycles. The van der Waals surface area contributed by atoms with Gasteiger partial charge in [-0.25, -0.2) is 4.90 Å². The van der Waals surface area contributed by atoms with Gasteiger partial charge >= 0.3 is 5.97 Å². The van der Waals surface area contributed by atoms with E-state index in [0.29, 0.717) is 24.5 Å². The van der Waals surface area contributed by atoms with Crippen molar-refractivity contribution >= 4 is 29.4 Å². The number of carbonyl (C=O) groups excluding carboxylic acids is 4. The van der Waals surface area contributed by atoms with Gasteiger partial charge in [-0.2, -0.15) is 0 Å². The Labute approximate surface area is 184 Å². The molecule has 166 valence electrons. The van der Waals surface area contributed by atoms with Crippen LogP contribution in [0.5, 0.6) is 0 Å². The number of fused-ring (bicyclic) bond motifs is 3. The molecular formula is C23H23N3O6. The predicted octanol–water partition coefficient (Wildman–Crippen LogP) is 1.18. The lowest BCUT2D eigenvalue weighted by molar-refractivity contribution is -0.154.